The normalized spacial score (nSPS) is 21.5. The molecule has 2 aromatic rings. The van der Waals surface area contributed by atoms with Crippen LogP contribution in [0, 0.1) is 19.8 Å². The van der Waals surface area contributed by atoms with Crippen LogP contribution in [0.4, 0.5) is 5.69 Å². The summed E-state index contributed by atoms with van der Waals surface area (Å²) in [6.45, 7) is 10.0. The summed E-state index contributed by atoms with van der Waals surface area (Å²) in [4.78, 5) is 31.1. The number of nitrogens with zero attached hydrogens (tertiary/aromatic N) is 2. The Morgan fingerprint density at radius 1 is 1.03 bits per heavy atom. The summed E-state index contributed by atoms with van der Waals surface area (Å²) in [5, 5.41) is 3.03. The number of likely N-dealkylation sites (tertiary alicyclic amines) is 1. The Morgan fingerprint density at radius 2 is 1.71 bits per heavy atom. The van der Waals surface area contributed by atoms with Crippen LogP contribution in [0.15, 0.2) is 42.5 Å². The van der Waals surface area contributed by atoms with Gasteiger partial charge in [0.2, 0.25) is 5.91 Å². The number of anilines is 1. The van der Waals surface area contributed by atoms with Gasteiger partial charge in [0.05, 0.1) is 0 Å². The molecular weight excluding hydrogens is 386 g/mol. The molecule has 0 radical (unpaired) electrons. The van der Waals surface area contributed by atoms with Crippen LogP contribution in [0.25, 0.3) is 0 Å². The number of piperidine rings is 1. The second kappa shape index (κ2) is 8.46. The van der Waals surface area contributed by atoms with Crippen LogP contribution in [0.5, 0.6) is 0 Å². The molecule has 3 atom stereocenters. The quantitative estimate of drug-likeness (QED) is 0.818. The molecule has 4 rings (SSSR count). The van der Waals surface area contributed by atoms with E-state index in [1.54, 1.807) is 0 Å². The topological polar surface area (TPSA) is 52.7 Å². The first-order valence-electron chi connectivity index (χ1n) is 11.3. The Bertz CT molecular complexity index is 983. The first kappa shape index (κ1) is 21.6. The predicted molar refractivity (Wildman–Crippen MR) is 125 cm³/mol. The number of carbonyl (C=O) groups excluding carboxylic acids is 2. The number of hydrogen-bond acceptors (Lipinski definition) is 3. The van der Waals surface area contributed by atoms with Gasteiger partial charge in [-0.05, 0) is 63.5 Å². The molecule has 5 nitrogen and oxygen atoms in total. The molecule has 0 aromatic heterocycles. The molecule has 2 amide bonds. The van der Waals surface area contributed by atoms with E-state index >= 15 is 0 Å². The van der Waals surface area contributed by atoms with E-state index in [0.29, 0.717) is 11.5 Å². The molecule has 0 spiro atoms. The van der Waals surface area contributed by atoms with Crippen molar-refractivity contribution in [2.45, 2.75) is 52.1 Å². The summed E-state index contributed by atoms with van der Waals surface area (Å²) < 4.78 is 0. The number of benzene rings is 2. The van der Waals surface area contributed by atoms with Crippen molar-refractivity contribution in [3.63, 3.8) is 0 Å². The van der Waals surface area contributed by atoms with Gasteiger partial charge in [0, 0.05) is 29.8 Å². The van der Waals surface area contributed by atoms with Gasteiger partial charge in [-0.3, -0.25) is 9.59 Å². The fourth-order valence-corrected chi connectivity index (χ4v) is 4.96. The highest BCUT2D eigenvalue weighted by Gasteiger charge is 2.46. The van der Waals surface area contributed by atoms with Crippen LogP contribution in [0.1, 0.15) is 53.2 Å². The second-order valence-corrected chi connectivity index (χ2v) is 9.56. The molecule has 0 aliphatic carbocycles. The van der Waals surface area contributed by atoms with E-state index in [9.17, 15) is 9.59 Å². The van der Waals surface area contributed by atoms with E-state index in [4.69, 9.17) is 0 Å². The van der Waals surface area contributed by atoms with Crippen LogP contribution < -0.4 is 10.2 Å². The number of carbonyl (C=O) groups is 2. The van der Waals surface area contributed by atoms with E-state index in [2.05, 4.69) is 42.4 Å². The molecule has 2 aromatic carbocycles. The Balaban J connectivity index is 1.64. The van der Waals surface area contributed by atoms with Gasteiger partial charge in [0.25, 0.3) is 5.91 Å². The number of hydrogen-bond donors (Lipinski definition) is 1. The SMILES string of the molecule is Cc1ccc(C(=O)N[C@H](C(=O)N2c3ccc(C)cc3[C@H]3CN(C)CC[C@H]32)C(C)C)cc1. The predicted octanol–water partition coefficient (Wildman–Crippen LogP) is 3.89. The van der Waals surface area contributed by atoms with Crippen LogP contribution >= 0.6 is 0 Å². The molecule has 0 bridgehead atoms. The molecule has 164 valence electrons. The van der Waals surface area contributed by atoms with Crippen molar-refractivity contribution in [1.82, 2.24) is 10.2 Å². The van der Waals surface area contributed by atoms with Gasteiger partial charge >= 0.3 is 0 Å². The van der Waals surface area contributed by atoms with Gasteiger partial charge in [-0.1, -0.05) is 49.2 Å². The Morgan fingerprint density at radius 3 is 2.39 bits per heavy atom. The minimum absolute atomic E-state index is 0.00221. The maximum Gasteiger partial charge on any atom is 0.251 e. The van der Waals surface area contributed by atoms with Crippen molar-refractivity contribution < 1.29 is 9.59 Å². The number of amides is 2. The highest BCUT2D eigenvalue weighted by Crippen LogP contribution is 2.45. The number of likely N-dealkylation sites (N-methyl/N-ethyl adjacent to an activating group) is 1. The van der Waals surface area contributed by atoms with Gasteiger partial charge in [-0.25, -0.2) is 0 Å². The lowest BCUT2D eigenvalue weighted by Gasteiger charge is -2.38. The van der Waals surface area contributed by atoms with Crippen molar-refractivity contribution in [3.8, 4) is 0 Å². The van der Waals surface area contributed by atoms with E-state index < -0.39 is 6.04 Å². The molecule has 2 aliphatic rings. The Hall–Kier alpha value is -2.66. The van der Waals surface area contributed by atoms with Crippen LogP contribution in [-0.2, 0) is 4.79 Å². The molecule has 0 unspecified atom stereocenters. The fraction of sp³-hybridized carbons (Fsp3) is 0.462. The second-order valence-electron chi connectivity index (χ2n) is 9.56. The standard InChI is InChI=1S/C26H33N3O2/c1-16(2)24(27-25(30)19-9-6-17(3)7-10-19)26(31)29-22-11-8-18(4)14-20(22)21-15-28(5)13-12-23(21)29/h6-11,14,16,21,23-24H,12-13,15H2,1-5H3,(H,27,30)/t21-,23-,24+/m1/s1. The number of nitrogens with one attached hydrogen (secondary N) is 1. The van der Waals surface area contributed by atoms with E-state index in [1.165, 1.54) is 11.1 Å². The zero-order chi connectivity index (χ0) is 22.3. The summed E-state index contributed by atoms with van der Waals surface area (Å²) in [6, 6.07) is 13.4. The average molecular weight is 420 g/mol. The summed E-state index contributed by atoms with van der Waals surface area (Å²) in [5.41, 5.74) is 5.17. The lowest BCUT2D eigenvalue weighted by molar-refractivity contribution is -0.122. The molecule has 1 fully saturated rings. The van der Waals surface area contributed by atoms with Crippen LogP contribution in [0.3, 0.4) is 0 Å². The monoisotopic (exact) mass is 419 g/mol. The van der Waals surface area contributed by atoms with Crippen molar-refractivity contribution in [3.05, 3.63) is 64.7 Å². The molecule has 2 aliphatic heterocycles. The maximum absolute atomic E-state index is 13.9. The summed E-state index contributed by atoms with van der Waals surface area (Å²) in [7, 11) is 2.15. The smallest absolute Gasteiger partial charge is 0.251 e. The van der Waals surface area contributed by atoms with Crippen LogP contribution in [-0.4, -0.2) is 48.9 Å². The average Bonchev–Trinajstić information content (AvgIpc) is 3.04. The molecular formula is C26H33N3O2. The summed E-state index contributed by atoms with van der Waals surface area (Å²) in [6.07, 6.45) is 0.942. The first-order valence-corrected chi connectivity index (χ1v) is 11.3. The summed E-state index contributed by atoms with van der Waals surface area (Å²) >= 11 is 0. The fourth-order valence-electron chi connectivity index (χ4n) is 4.96. The first-order chi connectivity index (χ1) is 14.8. The lowest BCUT2D eigenvalue weighted by Crippen LogP contribution is -2.55. The third-order valence-corrected chi connectivity index (χ3v) is 6.72. The van der Waals surface area contributed by atoms with E-state index in [1.807, 2.05) is 49.9 Å². The van der Waals surface area contributed by atoms with Gasteiger partial charge in [-0.15, -0.1) is 0 Å². The minimum atomic E-state index is -0.568. The van der Waals surface area contributed by atoms with Crippen molar-refractivity contribution in [2.75, 3.05) is 25.0 Å². The Labute approximate surface area is 185 Å². The van der Waals surface area contributed by atoms with Crippen molar-refractivity contribution >= 4 is 17.5 Å². The van der Waals surface area contributed by atoms with Gasteiger partial charge < -0.3 is 15.1 Å². The van der Waals surface area contributed by atoms with Crippen LogP contribution in [0.2, 0.25) is 0 Å². The number of aryl methyl sites for hydroxylation is 2. The minimum Gasteiger partial charge on any atom is -0.340 e. The number of fused-ring (bicyclic) bond motifs is 3. The van der Waals surface area contributed by atoms with E-state index in [-0.39, 0.29) is 23.8 Å². The zero-order valence-electron chi connectivity index (χ0n) is 19.2. The zero-order valence-corrected chi connectivity index (χ0v) is 19.2. The van der Waals surface area contributed by atoms with E-state index in [0.717, 1.165) is 30.8 Å². The summed E-state index contributed by atoms with van der Waals surface area (Å²) in [5.74, 6) is 0.104. The number of rotatable bonds is 4. The molecule has 0 saturated carbocycles. The highest BCUT2D eigenvalue weighted by molar-refractivity contribution is 6.04. The van der Waals surface area contributed by atoms with Gasteiger partial charge in [0.15, 0.2) is 0 Å². The molecule has 5 heteroatoms. The molecule has 1 saturated heterocycles. The Kier molecular flexibility index (Phi) is 5.89. The van der Waals surface area contributed by atoms with Crippen molar-refractivity contribution in [2.24, 2.45) is 5.92 Å². The third kappa shape index (κ3) is 4.11. The maximum atomic E-state index is 13.9. The lowest BCUT2D eigenvalue weighted by atomic mass is 9.88. The van der Waals surface area contributed by atoms with Gasteiger partial charge in [0.1, 0.15) is 6.04 Å². The van der Waals surface area contributed by atoms with Gasteiger partial charge in [-0.2, -0.15) is 0 Å². The largest absolute Gasteiger partial charge is 0.340 e. The molecule has 1 N–H and O–H groups in total. The van der Waals surface area contributed by atoms with Crippen molar-refractivity contribution in [1.29, 1.82) is 0 Å². The molecule has 31 heavy (non-hydrogen) atoms. The third-order valence-electron chi connectivity index (χ3n) is 6.72. The molecule has 2 heterocycles. The highest BCUT2D eigenvalue weighted by atomic mass is 16.2.